The van der Waals surface area contributed by atoms with Crippen molar-refractivity contribution in [2.75, 3.05) is 6.61 Å². The predicted molar refractivity (Wildman–Crippen MR) is 84.5 cm³/mol. The first-order chi connectivity index (χ1) is 10.1. The van der Waals surface area contributed by atoms with Crippen molar-refractivity contribution in [1.82, 2.24) is 0 Å². The number of ketones is 1. The van der Waals surface area contributed by atoms with Crippen LogP contribution in [0.15, 0.2) is 42.5 Å². The molecule has 0 radical (unpaired) electrons. The summed E-state index contributed by atoms with van der Waals surface area (Å²) in [5.41, 5.74) is 1.87. The fraction of sp³-hybridized carbons (Fsp3) is 0.235. The molecule has 1 unspecified atom stereocenters. The number of rotatable bonds is 3. The number of fused-ring (bicyclic) bond motifs is 1. The monoisotopic (exact) mass is 320 g/mol. The van der Waals surface area contributed by atoms with Gasteiger partial charge in [-0.3, -0.25) is 4.79 Å². The molecular weight excluding hydrogens is 307 g/mol. The molecule has 0 N–H and O–H groups in total. The number of hydrogen-bond acceptors (Lipinski definition) is 2. The van der Waals surface area contributed by atoms with E-state index in [0.29, 0.717) is 23.1 Å². The SMILES string of the molecule is O=C(Cc1ccc(Cl)c(Cl)c1)C1CCOc2ccccc21. The Hall–Kier alpha value is -1.51. The van der Waals surface area contributed by atoms with E-state index in [2.05, 4.69) is 0 Å². The first-order valence-electron chi connectivity index (χ1n) is 6.83. The van der Waals surface area contributed by atoms with Gasteiger partial charge in [0, 0.05) is 17.9 Å². The zero-order chi connectivity index (χ0) is 14.8. The Kier molecular flexibility index (Phi) is 4.18. The average Bonchev–Trinajstić information content (AvgIpc) is 2.50. The fourth-order valence-corrected chi connectivity index (χ4v) is 2.97. The molecular formula is C17H14Cl2O2. The highest BCUT2D eigenvalue weighted by atomic mass is 35.5. The standard InChI is InChI=1S/C17H14Cl2O2/c18-14-6-5-11(9-15(14)19)10-16(20)12-7-8-21-17-4-2-1-3-13(12)17/h1-6,9,12H,7-8,10H2. The van der Waals surface area contributed by atoms with Crippen molar-refractivity contribution < 1.29 is 9.53 Å². The molecule has 0 amide bonds. The number of hydrogen-bond donors (Lipinski definition) is 0. The van der Waals surface area contributed by atoms with E-state index < -0.39 is 0 Å². The molecule has 0 saturated heterocycles. The maximum Gasteiger partial charge on any atom is 0.144 e. The van der Waals surface area contributed by atoms with Gasteiger partial charge in [-0.2, -0.15) is 0 Å². The second-order valence-corrected chi connectivity index (χ2v) is 5.93. The number of halogens is 2. The summed E-state index contributed by atoms with van der Waals surface area (Å²) in [5.74, 6) is 0.893. The number of Topliss-reactive ketones (excluding diaryl/α,β-unsaturated/α-hetero) is 1. The van der Waals surface area contributed by atoms with E-state index in [-0.39, 0.29) is 11.7 Å². The van der Waals surface area contributed by atoms with Crippen LogP contribution in [0.5, 0.6) is 5.75 Å². The summed E-state index contributed by atoms with van der Waals surface area (Å²) in [6.45, 7) is 0.578. The number of ether oxygens (including phenoxy) is 1. The fourth-order valence-electron chi connectivity index (χ4n) is 2.65. The third-order valence-corrected chi connectivity index (χ3v) is 4.45. The van der Waals surface area contributed by atoms with Gasteiger partial charge < -0.3 is 4.74 Å². The van der Waals surface area contributed by atoms with Crippen molar-refractivity contribution in [3.63, 3.8) is 0 Å². The van der Waals surface area contributed by atoms with Crippen molar-refractivity contribution in [3.05, 3.63) is 63.6 Å². The molecule has 1 aliphatic heterocycles. The van der Waals surface area contributed by atoms with Crippen molar-refractivity contribution >= 4 is 29.0 Å². The quantitative estimate of drug-likeness (QED) is 0.821. The molecule has 4 heteroatoms. The molecule has 0 aromatic heterocycles. The molecule has 0 aliphatic carbocycles. The Morgan fingerprint density at radius 3 is 2.76 bits per heavy atom. The van der Waals surface area contributed by atoms with E-state index in [1.807, 2.05) is 30.3 Å². The number of para-hydroxylation sites is 1. The third kappa shape index (κ3) is 3.07. The van der Waals surface area contributed by atoms with Crippen LogP contribution in [0.1, 0.15) is 23.5 Å². The maximum absolute atomic E-state index is 12.6. The second-order valence-electron chi connectivity index (χ2n) is 5.12. The van der Waals surface area contributed by atoms with Crippen LogP contribution in [0.2, 0.25) is 10.0 Å². The molecule has 21 heavy (non-hydrogen) atoms. The van der Waals surface area contributed by atoms with Crippen LogP contribution in [0, 0.1) is 0 Å². The molecule has 0 fully saturated rings. The normalized spacial score (nSPS) is 17.0. The van der Waals surface area contributed by atoms with Gasteiger partial charge in [-0.1, -0.05) is 47.5 Å². The van der Waals surface area contributed by atoms with Gasteiger partial charge in [0.25, 0.3) is 0 Å². The molecule has 0 spiro atoms. The first-order valence-corrected chi connectivity index (χ1v) is 7.59. The summed E-state index contributed by atoms with van der Waals surface area (Å²) in [4.78, 5) is 12.6. The molecule has 2 aromatic rings. The van der Waals surface area contributed by atoms with E-state index in [0.717, 1.165) is 23.3 Å². The van der Waals surface area contributed by atoms with Gasteiger partial charge in [0.05, 0.1) is 16.7 Å². The molecule has 2 nitrogen and oxygen atoms in total. The Bertz CT molecular complexity index is 682. The molecule has 2 aromatic carbocycles. The van der Waals surface area contributed by atoms with E-state index in [9.17, 15) is 4.79 Å². The summed E-state index contributed by atoms with van der Waals surface area (Å²) in [5, 5.41) is 0.985. The Labute approximate surface area is 133 Å². The Morgan fingerprint density at radius 1 is 1.14 bits per heavy atom. The first kappa shape index (κ1) is 14.4. The molecule has 1 aliphatic rings. The number of carbonyl (C=O) groups is 1. The summed E-state index contributed by atoms with van der Waals surface area (Å²) in [6, 6.07) is 13.1. The van der Waals surface area contributed by atoms with Gasteiger partial charge in [-0.05, 0) is 30.2 Å². The van der Waals surface area contributed by atoms with Gasteiger partial charge in [-0.15, -0.1) is 0 Å². The highest BCUT2D eigenvalue weighted by Crippen LogP contribution is 2.34. The Morgan fingerprint density at radius 2 is 1.95 bits per heavy atom. The van der Waals surface area contributed by atoms with E-state index in [4.69, 9.17) is 27.9 Å². The number of benzene rings is 2. The minimum Gasteiger partial charge on any atom is -0.493 e. The lowest BCUT2D eigenvalue weighted by Gasteiger charge is -2.24. The molecule has 0 bridgehead atoms. The second kappa shape index (κ2) is 6.08. The van der Waals surface area contributed by atoms with Crippen LogP contribution in [-0.4, -0.2) is 12.4 Å². The topological polar surface area (TPSA) is 26.3 Å². The zero-order valence-corrected chi connectivity index (χ0v) is 12.8. The van der Waals surface area contributed by atoms with Crippen LogP contribution >= 0.6 is 23.2 Å². The minimum absolute atomic E-state index is 0.107. The van der Waals surface area contributed by atoms with Gasteiger partial charge in [0.1, 0.15) is 11.5 Å². The van der Waals surface area contributed by atoms with Crippen LogP contribution in [0.25, 0.3) is 0 Å². The van der Waals surface area contributed by atoms with Crippen LogP contribution in [0.3, 0.4) is 0 Å². The summed E-state index contributed by atoms with van der Waals surface area (Å²) < 4.78 is 5.60. The van der Waals surface area contributed by atoms with Gasteiger partial charge in [0.2, 0.25) is 0 Å². The highest BCUT2D eigenvalue weighted by molar-refractivity contribution is 6.42. The molecule has 1 heterocycles. The third-order valence-electron chi connectivity index (χ3n) is 3.71. The average molecular weight is 321 g/mol. The van der Waals surface area contributed by atoms with Crippen molar-refractivity contribution in [1.29, 1.82) is 0 Å². The largest absolute Gasteiger partial charge is 0.493 e. The zero-order valence-electron chi connectivity index (χ0n) is 11.3. The van der Waals surface area contributed by atoms with Crippen molar-refractivity contribution in [2.24, 2.45) is 0 Å². The summed E-state index contributed by atoms with van der Waals surface area (Å²) >= 11 is 11.9. The van der Waals surface area contributed by atoms with Gasteiger partial charge in [0.15, 0.2) is 0 Å². The van der Waals surface area contributed by atoms with Crippen LogP contribution < -0.4 is 4.74 Å². The molecule has 1 atom stereocenters. The van der Waals surface area contributed by atoms with Crippen LogP contribution in [-0.2, 0) is 11.2 Å². The van der Waals surface area contributed by atoms with Crippen molar-refractivity contribution in [2.45, 2.75) is 18.8 Å². The molecule has 108 valence electrons. The summed E-state index contributed by atoms with van der Waals surface area (Å²) in [6.07, 6.45) is 1.08. The highest BCUT2D eigenvalue weighted by Gasteiger charge is 2.27. The summed E-state index contributed by atoms with van der Waals surface area (Å²) in [7, 11) is 0. The maximum atomic E-state index is 12.6. The van der Waals surface area contributed by atoms with E-state index >= 15 is 0 Å². The molecule has 0 saturated carbocycles. The lowest BCUT2D eigenvalue weighted by molar-refractivity contribution is -0.120. The number of carbonyl (C=O) groups excluding carboxylic acids is 1. The van der Waals surface area contributed by atoms with Crippen LogP contribution in [0.4, 0.5) is 0 Å². The predicted octanol–water partition coefficient (Wildman–Crippen LogP) is 4.67. The smallest absolute Gasteiger partial charge is 0.144 e. The Balaban J connectivity index is 1.81. The van der Waals surface area contributed by atoms with E-state index in [1.165, 1.54) is 0 Å². The van der Waals surface area contributed by atoms with Crippen molar-refractivity contribution in [3.8, 4) is 5.75 Å². The minimum atomic E-state index is -0.107. The lowest BCUT2D eigenvalue weighted by atomic mass is 9.87. The van der Waals surface area contributed by atoms with E-state index in [1.54, 1.807) is 12.1 Å². The molecule has 3 rings (SSSR count). The van der Waals surface area contributed by atoms with Gasteiger partial charge in [-0.25, -0.2) is 0 Å². The lowest BCUT2D eigenvalue weighted by Crippen LogP contribution is -2.22. The van der Waals surface area contributed by atoms with Gasteiger partial charge >= 0.3 is 0 Å².